The molecular weight excluding hydrogens is 378 g/mol. The van der Waals surface area contributed by atoms with Gasteiger partial charge in [0.05, 0.1) is 16.6 Å². The zero-order chi connectivity index (χ0) is 20.3. The number of nitrogens with one attached hydrogen (secondary N) is 2. The van der Waals surface area contributed by atoms with E-state index in [1.165, 1.54) is 0 Å². The van der Waals surface area contributed by atoms with Crippen LogP contribution in [0.5, 0.6) is 0 Å². The maximum absolute atomic E-state index is 12.7. The summed E-state index contributed by atoms with van der Waals surface area (Å²) < 4.78 is 1.86. The van der Waals surface area contributed by atoms with E-state index in [1.807, 2.05) is 53.1 Å². The number of carbonyl (C=O) groups excluding carboxylic acids is 1. The smallest absolute Gasteiger partial charge is 0.272 e. The summed E-state index contributed by atoms with van der Waals surface area (Å²) in [6.45, 7) is 0. The van der Waals surface area contributed by atoms with Gasteiger partial charge < -0.3 is 9.72 Å². The number of nitrogens with zero attached hydrogens (tertiary/aromatic N) is 3. The van der Waals surface area contributed by atoms with E-state index in [-0.39, 0.29) is 22.9 Å². The molecule has 1 amide bonds. The lowest BCUT2D eigenvalue weighted by molar-refractivity contribution is -0.0196. The van der Waals surface area contributed by atoms with Crippen LogP contribution >= 0.6 is 0 Å². The molecule has 2 aliphatic carbocycles. The summed E-state index contributed by atoms with van der Waals surface area (Å²) in [7, 11) is 0. The number of pyridine rings is 1. The van der Waals surface area contributed by atoms with Crippen molar-refractivity contribution in [1.82, 2.24) is 24.9 Å². The predicted octanol–water partition coefficient (Wildman–Crippen LogP) is 3.03. The first-order valence-electron chi connectivity index (χ1n) is 10.3. The highest BCUT2D eigenvalue weighted by Gasteiger charge is 2.54. The number of hydrogen-bond acceptors (Lipinski definition) is 4. The van der Waals surface area contributed by atoms with Gasteiger partial charge in [0.1, 0.15) is 6.33 Å². The molecule has 1 spiro atoms. The molecule has 0 radical (unpaired) electrons. The third kappa shape index (κ3) is 2.58. The van der Waals surface area contributed by atoms with E-state index in [1.54, 1.807) is 6.33 Å². The molecule has 7 heteroatoms. The summed E-state index contributed by atoms with van der Waals surface area (Å²) in [6, 6.07) is 13.6. The second-order valence-corrected chi connectivity index (χ2v) is 8.75. The lowest BCUT2D eigenvalue weighted by Crippen LogP contribution is -2.55. The minimum atomic E-state index is -0.137. The van der Waals surface area contributed by atoms with Gasteiger partial charge in [-0.1, -0.05) is 24.3 Å². The summed E-state index contributed by atoms with van der Waals surface area (Å²) >= 11 is 0. The van der Waals surface area contributed by atoms with E-state index in [4.69, 9.17) is 0 Å². The molecule has 2 aliphatic rings. The maximum atomic E-state index is 12.7. The summed E-state index contributed by atoms with van der Waals surface area (Å²) in [5.41, 5.74) is 2.45. The number of aromatic nitrogens is 4. The van der Waals surface area contributed by atoms with Crippen LogP contribution in [0.15, 0.2) is 59.8 Å². The van der Waals surface area contributed by atoms with Gasteiger partial charge in [-0.05, 0) is 49.3 Å². The Kier molecular flexibility index (Phi) is 3.63. The fourth-order valence-corrected chi connectivity index (χ4v) is 5.42. The summed E-state index contributed by atoms with van der Waals surface area (Å²) in [5, 5.41) is 11.8. The van der Waals surface area contributed by atoms with Crippen LogP contribution in [0, 0.1) is 5.41 Å². The SMILES string of the molecule is O=C(NC1CC2(C1)CC(c1n[nH]c(=O)c3ccccc13)C2)c1ncn2ccccc12. The summed E-state index contributed by atoms with van der Waals surface area (Å²) in [4.78, 5) is 29.0. The highest BCUT2D eigenvalue weighted by molar-refractivity contribution is 5.99. The van der Waals surface area contributed by atoms with Gasteiger partial charge in [0.25, 0.3) is 11.5 Å². The van der Waals surface area contributed by atoms with Crippen molar-refractivity contribution in [2.75, 3.05) is 0 Å². The minimum Gasteiger partial charge on any atom is -0.348 e. The molecule has 0 unspecified atom stereocenters. The van der Waals surface area contributed by atoms with Gasteiger partial charge in [-0.25, -0.2) is 10.1 Å². The third-order valence-electron chi connectivity index (χ3n) is 6.82. The van der Waals surface area contributed by atoms with Crippen LogP contribution in [0.1, 0.15) is 47.8 Å². The molecule has 4 aromatic rings. The zero-order valence-corrected chi connectivity index (χ0v) is 16.3. The van der Waals surface area contributed by atoms with Gasteiger partial charge in [-0.3, -0.25) is 9.59 Å². The Morgan fingerprint density at radius 2 is 1.83 bits per heavy atom. The van der Waals surface area contributed by atoms with Gasteiger partial charge in [-0.15, -0.1) is 0 Å². The second-order valence-electron chi connectivity index (χ2n) is 8.75. The topological polar surface area (TPSA) is 92.1 Å². The minimum absolute atomic E-state index is 0.104. The number of H-pyrrole nitrogens is 1. The zero-order valence-electron chi connectivity index (χ0n) is 16.3. The van der Waals surface area contributed by atoms with E-state index in [0.29, 0.717) is 17.0 Å². The average molecular weight is 399 g/mol. The van der Waals surface area contributed by atoms with Crippen molar-refractivity contribution in [3.63, 3.8) is 0 Å². The first kappa shape index (κ1) is 17.4. The monoisotopic (exact) mass is 399 g/mol. The molecule has 150 valence electrons. The van der Waals surface area contributed by atoms with Crippen LogP contribution in [0.25, 0.3) is 16.3 Å². The fraction of sp³-hybridized carbons (Fsp3) is 0.304. The first-order valence-corrected chi connectivity index (χ1v) is 10.3. The van der Waals surface area contributed by atoms with Gasteiger partial charge in [0.2, 0.25) is 0 Å². The number of rotatable bonds is 3. The molecule has 6 rings (SSSR count). The van der Waals surface area contributed by atoms with Crippen LogP contribution in [-0.4, -0.2) is 31.5 Å². The first-order chi connectivity index (χ1) is 14.6. The highest BCUT2D eigenvalue weighted by Crippen LogP contribution is 2.62. The van der Waals surface area contributed by atoms with E-state index < -0.39 is 0 Å². The number of fused-ring (bicyclic) bond motifs is 2. The van der Waals surface area contributed by atoms with E-state index in [0.717, 1.165) is 42.3 Å². The van der Waals surface area contributed by atoms with Crippen molar-refractivity contribution in [2.24, 2.45) is 5.41 Å². The Bertz CT molecular complexity index is 1340. The van der Waals surface area contributed by atoms with Gasteiger partial charge in [-0.2, -0.15) is 5.10 Å². The molecule has 2 N–H and O–H groups in total. The number of hydrogen-bond donors (Lipinski definition) is 2. The molecule has 0 atom stereocenters. The third-order valence-corrected chi connectivity index (χ3v) is 6.82. The quantitative estimate of drug-likeness (QED) is 0.554. The van der Waals surface area contributed by atoms with E-state index in [9.17, 15) is 9.59 Å². The molecule has 2 saturated carbocycles. The second kappa shape index (κ2) is 6.26. The van der Waals surface area contributed by atoms with Crippen molar-refractivity contribution in [3.05, 3.63) is 76.7 Å². The lowest BCUT2D eigenvalue weighted by atomic mass is 9.49. The van der Waals surface area contributed by atoms with Crippen LogP contribution in [-0.2, 0) is 0 Å². The molecule has 30 heavy (non-hydrogen) atoms. The number of benzene rings is 1. The Morgan fingerprint density at radius 1 is 1.07 bits per heavy atom. The molecule has 3 aromatic heterocycles. The molecule has 0 saturated heterocycles. The number of amides is 1. The molecule has 7 nitrogen and oxygen atoms in total. The predicted molar refractivity (Wildman–Crippen MR) is 112 cm³/mol. The summed E-state index contributed by atoms with van der Waals surface area (Å²) in [6.07, 6.45) is 7.64. The Morgan fingerprint density at radius 3 is 2.67 bits per heavy atom. The van der Waals surface area contributed by atoms with E-state index in [2.05, 4.69) is 20.5 Å². The maximum Gasteiger partial charge on any atom is 0.272 e. The number of aromatic amines is 1. The molecule has 0 bridgehead atoms. The van der Waals surface area contributed by atoms with Crippen molar-refractivity contribution < 1.29 is 4.79 Å². The lowest BCUT2D eigenvalue weighted by Gasteiger charge is -2.57. The van der Waals surface area contributed by atoms with Crippen LogP contribution in [0.3, 0.4) is 0 Å². The van der Waals surface area contributed by atoms with Crippen molar-refractivity contribution in [2.45, 2.75) is 37.6 Å². The highest BCUT2D eigenvalue weighted by atomic mass is 16.2. The van der Waals surface area contributed by atoms with Crippen molar-refractivity contribution in [1.29, 1.82) is 0 Å². The molecule has 0 aliphatic heterocycles. The number of imidazole rings is 1. The Hall–Kier alpha value is -3.48. The fourth-order valence-electron chi connectivity index (χ4n) is 5.42. The molecule has 2 fully saturated rings. The van der Waals surface area contributed by atoms with Crippen LogP contribution < -0.4 is 10.9 Å². The van der Waals surface area contributed by atoms with Gasteiger partial charge >= 0.3 is 0 Å². The van der Waals surface area contributed by atoms with Gasteiger partial charge in [0, 0.05) is 23.5 Å². The Labute approximate surface area is 172 Å². The van der Waals surface area contributed by atoms with Crippen LogP contribution in [0.2, 0.25) is 0 Å². The number of carbonyl (C=O) groups is 1. The average Bonchev–Trinajstić information content (AvgIpc) is 3.14. The largest absolute Gasteiger partial charge is 0.348 e. The molecule has 1 aromatic carbocycles. The van der Waals surface area contributed by atoms with Crippen molar-refractivity contribution >= 4 is 22.2 Å². The van der Waals surface area contributed by atoms with Crippen molar-refractivity contribution in [3.8, 4) is 0 Å². The molecular formula is C23H21N5O2. The summed E-state index contributed by atoms with van der Waals surface area (Å²) in [5.74, 6) is 0.258. The normalized spacial score (nSPS) is 25.2. The standard InChI is InChI=1S/C23H21N5O2/c29-21-17-6-2-1-5-16(17)19(26-27-21)14-9-23(10-14)11-15(12-23)25-22(30)20-18-7-3-4-8-28(18)13-24-20/h1-8,13-15H,9-12H2,(H,25,30)(H,27,29). The van der Waals surface area contributed by atoms with Crippen LogP contribution in [0.4, 0.5) is 0 Å². The van der Waals surface area contributed by atoms with Gasteiger partial charge in [0.15, 0.2) is 5.69 Å². The Balaban J connectivity index is 1.12. The molecule has 3 heterocycles. The van der Waals surface area contributed by atoms with E-state index >= 15 is 0 Å².